The number of alkyl carbamates (subject to hydrolysis) is 1. The fourth-order valence-electron chi connectivity index (χ4n) is 5.08. The highest BCUT2D eigenvalue weighted by Gasteiger charge is 2.30. The number of hydrogen-bond acceptors (Lipinski definition) is 4. The second-order valence-corrected chi connectivity index (χ2v) is 9.20. The number of carbonyl (C=O) groups excluding carboxylic acids is 2. The van der Waals surface area contributed by atoms with Crippen molar-refractivity contribution in [3.05, 3.63) is 59.7 Å². The lowest BCUT2D eigenvalue weighted by atomic mass is 9.93. The van der Waals surface area contributed by atoms with Crippen molar-refractivity contribution in [3.63, 3.8) is 0 Å². The number of likely N-dealkylation sites (tertiary alicyclic amines) is 1. The summed E-state index contributed by atoms with van der Waals surface area (Å²) in [5, 5.41) is 11.8. The second-order valence-electron chi connectivity index (χ2n) is 9.20. The van der Waals surface area contributed by atoms with Gasteiger partial charge in [-0.25, -0.2) is 4.79 Å². The molecule has 1 saturated heterocycles. The molecule has 0 bridgehead atoms. The average Bonchev–Trinajstić information content (AvgIpc) is 3.16. The summed E-state index contributed by atoms with van der Waals surface area (Å²) in [4.78, 5) is 38.0. The third kappa shape index (κ3) is 5.41. The number of carboxylic acid groups (broad SMARTS) is 1. The lowest BCUT2D eigenvalue weighted by molar-refractivity contribution is -0.138. The molecule has 0 radical (unpaired) electrons. The Balaban J connectivity index is 1.28. The molecule has 1 fully saturated rings. The number of benzene rings is 2. The normalized spacial score (nSPS) is 16.4. The van der Waals surface area contributed by atoms with Crippen molar-refractivity contribution in [1.29, 1.82) is 0 Å². The first-order valence-electron chi connectivity index (χ1n) is 12.1. The Bertz CT molecular complexity index is 999. The maximum Gasteiger partial charge on any atom is 0.407 e. The van der Waals surface area contributed by atoms with Gasteiger partial charge < -0.3 is 20.1 Å². The number of nitrogens with one attached hydrogen (secondary N) is 1. The minimum atomic E-state index is -0.789. The Hall–Kier alpha value is -3.35. The van der Waals surface area contributed by atoms with Gasteiger partial charge in [-0.05, 0) is 47.4 Å². The van der Waals surface area contributed by atoms with E-state index in [4.69, 9.17) is 9.84 Å². The van der Waals surface area contributed by atoms with Crippen LogP contribution in [0.3, 0.4) is 0 Å². The van der Waals surface area contributed by atoms with Crippen LogP contribution in [0.25, 0.3) is 11.1 Å². The van der Waals surface area contributed by atoms with Crippen LogP contribution in [-0.2, 0) is 14.3 Å². The molecule has 1 atom stereocenters. The van der Waals surface area contributed by atoms with Crippen molar-refractivity contribution in [2.24, 2.45) is 5.92 Å². The van der Waals surface area contributed by atoms with E-state index in [2.05, 4.69) is 29.6 Å². The summed E-state index contributed by atoms with van der Waals surface area (Å²) in [6.45, 7) is 3.30. The number of fused-ring (bicyclic) bond motifs is 3. The molecule has 0 aromatic heterocycles. The number of ether oxygens (including phenoxy) is 1. The smallest absolute Gasteiger partial charge is 0.407 e. The highest BCUT2D eigenvalue weighted by molar-refractivity contribution is 5.79. The molecule has 1 aliphatic carbocycles. The van der Waals surface area contributed by atoms with Crippen molar-refractivity contribution in [2.45, 2.75) is 51.0 Å². The van der Waals surface area contributed by atoms with E-state index in [1.54, 1.807) is 4.90 Å². The lowest BCUT2D eigenvalue weighted by Gasteiger charge is -2.32. The van der Waals surface area contributed by atoms with Gasteiger partial charge in [0.1, 0.15) is 6.61 Å². The SMILES string of the molecule is CC[C@H](CC(=O)N1CCC(CC(=O)O)CC1)NC(=O)OCC1c2ccccc2-c2ccccc21. The Morgan fingerprint density at radius 3 is 2.18 bits per heavy atom. The standard InChI is InChI=1S/C27H32N2O5/c1-2-19(16-25(30)29-13-11-18(12-14-29)15-26(31)32)28-27(33)34-17-24-22-9-5-3-7-20(22)21-8-4-6-10-23(21)24/h3-10,18-19,24H,2,11-17H2,1H3,(H,28,33)(H,31,32)/t19-/m1/s1. The van der Waals surface area contributed by atoms with Crippen LogP contribution >= 0.6 is 0 Å². The van der Waals surface area contributed by atoms with Gasteiger partial charge in [0.05, 0.1) is 0 Å². The Labute approximate surface area is 200 Å². The number of rotatable bonds is 8. The summed E-state index contributed by atoms with van der Waals surface area (Å²) < 4.78 is 5.62. The number of piperidine rings is 1. The van der Waals surface area contributed by atoms with E-state index in [9.17, 15) is 14.4 Å². The molecule has 1 aliphatic heterocycles. The minimum absolute atomic E-state index is 0.00745. The van der Waals surface area contributed by atoms with Crippen LogP contribution in [0.1, 0.15) is 56.1 Å². The van der Waals surface area contributed by atoms with Crippen LogP contribution < -0.4 is 5.32 Å². The Morgan fingerprint density at radius 2 is 1.62 bits per heavy atom. The molecular weight excluding hydrogens is 432 g/mol. The molecule has 2 aromatic carbocycles. The largest absolute Gasteiger partial charge is 0.481 e. The maximum atomic E-state index is 12.7. The summed E-state index contributed by atoms with van der Waals surface area (Å²) in [7, 11) is 0. The van der Waals surface area contributed by atoms with Gasteiger partial charge >= 0.3 is 12.1 Å². The first kappa shape index (κ1) is 23.8. The van der Waals surface area contributed by atoms with E-state index < -0.39 is 12.1 Å². The van der Waals surface area contributed by atoms with Gasteiger partial charge in [-0.2, -0.15) is 0 Å². The average molecular weight is 465 g/mol. The zero-order chi connectivity index (χ0) is 24.1. The molecule has 34 heavy (non-hydrogen) atoms. The summed E-state index contributed by atoms with van der Waals surface area (Å²) >= 11 is 0. The molecule has 2 amide bonds. The molecule has 7 heteroatoms. The van der Waals surface area contributed by atoms with Gasteiger partial charge in [-0.15, -0.1) is 0 Å². The fourth-order valence-corrected chi connectivity index (χ4v) is 5.08. The van der Waals surface area contributed by atoms with E-state index >= 15 is 0 Å². The van der Waals surface area contributed by atoms with Crippen molar-refractivity contribution < 1.29 is 24.2 Å². The molecule has 0 unspecified atom stereocenters. The topological polar surface area (TPSA) is 95.9 Å². The van der Waals surface area contributed by atoms with Crippen molar-refractivity contribution in [1.82, 2.24) is 10.2 Å². The third-order valence-electron chi connectivity index (χ3n) is 7.01. The van der Waals surface area contributed by atoms with Crippen molar-refractivity contribution >= 4 is 18.0 Å². The number of aliphatic carboxylic acids is 1. The van der Waals surface area contributed by atoms with Crippen molar-refractivity contribution in [2.75, 3.05) is 19.7 Å². The Kier molecular flexibility index (Phi) is 7.50. The van der Waals surface area contributed by atoms with Crippen molar-refractivity contribution in [3.8, 4) is 11.1 Å². The zero-order valence-corrected chi connectivity index (χ0v) is 19.5. The minimum Gasteiger partial charge on any atom is -0.481 e. The quantitative estimate of drug-likeness (QED) is 0.603. The molecular formula is C27H32N2O5. The highest BCUT2D eigenvalue weighted by Crippen LogP contribution is 2.44. The number of hydrogen-bond donors (Lipinski definition) is 2. The number of carbonyl (C=O) groups is 3. The molecule has 0 saturated carbocycles. The van der Waals surface area contributed by atoms with Crippen LogP contribution in [0.5, 0.6) is 0 Å². The molecule has 2 aromatic rings. The van der Waals surface area contributed by atoms with Crippen LogP contribution in [0.2, 0.25) is 0 Å². The molecule has 1 heterocycles. The van der Waals surface area contributed by atoms with Gasteiger partial charge in [0.25, 0.3) is 0 Å². The van der Waals surface area contributed by atoms with Crippen LogP contribution in [-0.4, -0.2) is 53.7 Å². The molecule has 2 N–H and O–H groups in total. The molecule has 7 nitrogen and oxygen atoms in total. The van der Waals surface area contributed by atoms with E-state index in [1.165, 1.54) is 11.1 Å². The number of amides is 2. The van der Waals surface area contributed by atoms with Gasteiger partial charge in [-0.3, -0.25) is 9.59 Å². The van der Waals surface area contributed by atoms with E-state index in [1.807, 2.05) is 31.2 Å². The molecule has 4 rings (SSSR count). The number of carboxylic acids is 1. The van der Waals surface area contributed by atoms with Crippen LogP contribution in [0.4, 0.5) is 4.79 Å². The molecule has 180 valence electrons. The summed E-state index contributed by atoms with van der Waals surface area (Å²) in [6.07, 6.45) is 1.88. The van der Waals surface area contributed by atoms with Crippen LogP contribution in [0.15, 0.2) is 48.5 Å². The first-order valence-corrected chi connectivity index (χ1v) is 12.1. The zero-order valence-electron chi connectivity index (χ0n) is 19.5. The van der Waals surface area contributed by atoms with E-state index in [0.717, 1.165) is 11.1 Å². The monoisotopic (exact) mass is 464 g/mol. The maximum absolute atomic E-state index is 12.7. The molecule has 0 spiro atoms. The summed E-state index contributed by atoms with van der Waals surface area (Å²) in [5.41, 5.74) is 4.67. The van der Waals surface area contributed by atoms with Gasteiger partial charge in [-0.1, -0.05) is 55.5 Å². The van der Waals surface area contributed by atoms with Gasteiger partial charge in [0.2, 0.25) is 5.91 Å². The van der Waals surface area contributed by atoms with E-state index in [-0.39, 0.29) is 43.2 Å². The predicted octanol–water partition coefficient (Wildman–Crippen LogP) is 4.41. The Morgan fingerprint density at radius 1 is 1.03 bits per heavy atom. The predicted molar refractivity (Wildman–Crippen MR) is 128 cm³/mol. The second kappa shape index (κ2) is 10.7. The highest BCUT2D eigenvalue weighted by atomic mass is 16.5. The summed E-state index contributed by atoms with van der Waals surface area (Å²) in [5.74, 6) is -0.683. The third-order valence-corrected chi connectivity index (χ3v) is 7.01. The van der Waals surface area contributed by atoms with Crippen LogP contribution in [0, 0.1) is 5.92 Å². The van der Waals surface area contributed by atoms with Gasteiger partial charge in [0.15, 0.2) is 0 Å². The van der Waals surface area contributed by atoms with E-state index in [0.29, 0.717) is 32.4 Å². The summed E-state index contributed by atoms with van der Waals surface area (Å²) in [6, 6.07) is 16.1. The first-order chi connectivity index (χ1) is 16.5. The molecule has 2 aliphatic rings. The number of nitrogens with zero attached hydrogens (tertiary/aromatic N) is 1. The lowest BCUT2D eigenvalue weighted by Crippen LogP contribution is -2.43. The fraction of sp³-hybridized carbons (Fsp3) is 0.444. The van der Waals surface area contributed by atoms with Gasteiger partial charge in [0, 0.05) is 37.9 Å².